The molecule has 1 aliphatic rings. The molecule has 1 aromatic heterocycles. The van der Waals surface area contributed by atoms with E-state index < -0.39 is 0 Å². The highest BCUT2D eigenvalue weighted by Gasteiger charge is 2.20. The van der Waals surface area contributed by atoms with E-state index in [1.165, 1.54) is 35.6 Å². The molecule has 1 aliphatic heterocycles. The summed E-state index contributed by atoms with van der Waals surface area (Å²) in [7, 11) is 0. The van der Waals surface area contributed by atoms with Gasteiger partial charge in [-0.2, -0.15) is 0 Å². The van der Waals surface area contributed by atoms with Gasteiger partial charge in [0.15, 0.2) is 5.96 Å². The van der Waals surface area contributed by atoms with E-state index in [-0.39, 0.29) is 24.0 Å². The Morgan fingerprint density at radius 3 is 2.78 bits per heavy atom. The number of piperidine rings is 1. The van der Waals surface area contributed by atoms with Crippen LogP contribution in [0.5, 0.6) is 0 Å². The molecule has 1 atom stereocenters. The van der Waals surface area contributed by atoms with E-state index in [4.69, 9.17) is 4.99 Å². The third-order valence-electron chi connectivity index (χ3n) is 4.19. The summed E-state index contributed by atoms with van der Waals surface area (Å²) in [5.41, 5.74) is 0. The average molecular weight is 450 g/mol. The number of aryl methyl sites for hydroxylation is 1. The van der Waals surface area contributed by atoms with Crippen LogP contribution < -0.4 is 10.6 Å². The number of likely N-dealkylation sites (N-methyl/N-ethyl adjacent to an activating group) is 1. The molecular weight excluding hydrogens is 419 g/mol. The van der Waals surface area contributed by atoms with Crippen LogP contribution in [0.15, 0.2) is 17.1 Å². The Hall–Kier alpha value is -0.340. The summed E-state index contributed by atoms with van der Waals surface area (Å²) in [6.45, 7) is 11.6. The first-order chi connectivity index (χ1) is 10.7. The molecule has 0 radical (unpaired) electrons. The van der Waals surface area contributed by atoms with E-state index in [9.17, 15) is 0 Å². The molecule has 23 heavy (non-hydrogen) atoms. The van der Waals surface area contributed by atoms with Crippen LogP contribution in [0.2, 0.25) is 0 Å². The van der Waals surface area contributed by atoms with Crippen LogP contribution in [0.3, 0.4) is 0 Å². The first-order valence-electron chi connectivity index (χ1n) is 8.54. The first kappa shape index (κ1) is 20.7. The summed E-state index contributed by atoms with van der Waals surface area (Å²) in [6, 6.07) is 4.98. The zero-order valence-corrected chi connectivity index (χ0v) is 17.7. The van der Waals surface area contributed by atoms with Crippen molar-refractivity contribution in [2.45, 2.75) is 52.6 Å². The summed E-state index contributed by atoms with van der Waals surface area (Å²) in [4.78, 5) is 9.98. The molecule has 0 aliphatic carbocycles. The number of aliphatic imine (C=N–C) groups is 1. The van der Waals surface area contributed by atoms with Crippen molar-refractivity contribution >= 4 is 41.3 Å². The number of thiophene rings is 1. The SMILES string of the molecule is CCNC(=NCc1ccc(C)s1)NCC1CCCCN1CC.I. The van der Waals surface area contributed by atoms with Crippen LogP contribution in [0.25, 0.3) is 0 Å². The maximum absolute atomic E-state index is 4.72. The van der Waals surface area contributed by atoms with Crippen LogP contribution in [-0.2, 0) is 6.54 Å². The van der Waals surface area contributed by atoms with Gasteiger partial charge in [-0.15, -0.1) is 35.3 Å². The maximum Gasteiger partial charge on any atom is 0.191 e. The Morgan fingerprint density at radius 2 is 2.13 bits per heavy atom. The smallest absolute Gasteiger partial charge is 0.191 e. The van der Waals surface area contributed by atoms with Crippen molar-refractivity contribution in [1.29, 1.82) is 0 Å². The number of hydrogen-bond donors (Lipinski definition) is 2. The molecule has 1 aromatic rings. The van der Waals surface area contributed by atoms with Gasteiger partial charge >= 0.3 is 0 Å². The second kappa shape index (κ2) is 11.3. The van der Waals surface area contributed by atoms with Crippen LogP contribution in [-0.4, -0.2) is 43.1 Å². The summed E-state index contributed by atoms with van der Waals surface area (Å²) < 4.78 is 0. The van der Waals surface area contributed by atoms with Gasteiger partial charge in [0.2, 0.25) is 0 Å². The van der Waals surface area contributed by atoms with E-state index in [2.05, 4.69) is 48.4 Å². The van der Waals surface area contributed by atoms with Crippen LogP contribution in [0, 0.1) is 6.92 Å². The number of halogens is 1. The zero-order chi connectivity index (χ0) is 15.8. The fraction of sp³-hybridized carbons (Fsp3) is 0.706. The zero-order valence-electron chi connectivity index (χ0n) is 14.6. The van der Waals surface area contributed by atoms with E-state index >= 15 is 0 Å². The summed E-state index contributed by atoms with van der Waals surface area (Å²) >= 11 is 1.83. The molecule has 2 N–H and O–H groups in total. The lowest BCUT2D eigenvalue weighted by Gasteiger charge is -2.35. The van der Waals surface area contributed by atoms with Gasteiger partial charge in [-0.25, -0.2) is 4.99 Å². The fourth-order valence-electron chi connectivity index (χ4n) is 2.99. The van der Waals surface area contributed by atoms with Crippen molar-refractivity contribution in [1.82, 2.24) is 15.5 Å². The Kier molecular flexibility index (Phi) is 10.1. The monoisotopic (exact) mass is 450 g/mol. The van der Waals surface area contributed by atoms with Gasteiger partial charge in [-0.05, 0) is 51.9 Å². The van der Waals surface area contributed by atoms with Crippen LogP contribution in [0.1, 0.15) is 42.9 Å². The highest BCUT2D eigenvalue weighted by molar-refractivity contribution is 14.0. The summed E-state index contributed by atoms with van der Waals surface area (Å²) in [5.74, 6) is 0.940. The Morgan fingerprint density at radius 1 is 1.30 bits per heavy atom. The van der Waals surface area contributed by atoms with Gasteiger partial charge in [0.05, 0.1) is 6.54 Å². The quantitative estimate of drug-likeness (QED) is 0.395. The lowest BCUT2D eigenvalue weighted by atomic mass is 10.0. The van der Waals surface area contributed by atoms with Crippen molar-refractivity contribution in [2.75, 3.05) is 26.2 Å². The van der Waals surface area contributed by atoms with Crippen molar-refractivity contribution in [2.24, 2.45) is 4.99 Å². The fourth-order valence-corrected chi connectivity index (χ4v) is 3.81. The Balaban J connectivity index is 0.00000264. The second-order valence-electron chi connectivity index (χ2n) is 5.87. The highest BCUT2D eigenvalue weighted by Crippen LogP contribution is 2.16. The van der Waals surface area contributed by atoms with E-state index in [1.54, 1.807) is 0 Å². The van der Waals surface area contributed by atoms with Gasteiger partial charge in [0.25, 0.3) is 0 Å². The van der Waals surface area contributed by atoms with Crippen molar-refractivity contribution in [3.8, 4) is 0 Å². The molecule has 4 nitrogen and oxygen atoms in total. The van der Waals surface area contributed by atoms with Gasteiger partial charge in [0.1, 0.15) is 0 Å². The minimum atomic E-state index is 0. The normalized spacial score (nSPS) is 19.3. The van der Waals surface area contributed by atoms with Gasteiger partial charge < -0.3 is 10.6 Å². The summed E-state index contributed by atoms with van der Waals surface area (Å²) in [5, 5.41) is 6.89. The van der Waals surface area contributed by atoms with Crippen molar-refractivity contribution in [3.63, 3.8) is 0 Å². The van der Waals surface area contributed by atoms with Crippen molar-refractivity contribution < 1.29 is 0 Å². The van der Waals surface area contributed by atoms with E-state index in [0.717, 1.165) is 32.1 Å². The first-order valence-corrected chi connectivity index (χ1v) is 9.36. The molecule has 2 heterocycles. The van der Waals surface area contributed by atoms with Crippen molar-refractivity contribution in [3.05, 3.63) is 21.9 Å². The average Bonchev–Trinajstić information content (AvgIpc) is 2.96. The summed E-state index contributed by atoms with van der Waals surface area (Å²) in [6.07, 6.45) is 3.99. The standard InChI is InChI=1S/C17H30N4S.HI/c1-4-18-17(20-13-16-10-9-14(3)22-16)19-12-15-8-6-7-11-21(15)5-2;/h9-10,15H,4-8,11-13H2,1-3H3,(H2,18,19,20);1H. The molecule has 1 saturated heterocycles. The number of likely N-dealkylation sites (tertiary alicyclic amines) is 1. The van der Waals surface area contributed by atoms with Gasteiger partial charge in [-0.1, -0.05) is 13.3 Å². The topological polar surface area (TPSA) is 39.7 Å². The molecule has 0 spiro atoms. The second-order valence-corrected chi connectivity index (χ2v) is 7.24. The molecule has 132 valence electrons. The Labute approximate surface area is 162 Å². The molecule has 1 fully saturated rings. The highest BCUT2D eigenvalue weighted by atomic mass is 127. The number of nitrogens with one attached hydrogen (secondary N) is 2. The number of nitrogens with zero attached hydrogens (tertiary/aromatic N) is 2. The Bertz CT molecular complexity index is 475. The molecule has 1 unspecified atom stereocenters. The molecule has 0 aromatic carbocycles. The largest absolute Gasteiger partial charge is 0.357 e. The molecule has 0 saturated carbocycles. The van der Waals surface area contributed by atoms with Crippen LogP contribution >= 0.6 is 35.3 Å². The van der Waals surface area contributed by atoms with Gasteiger partial charge in [-0.3, -0.25) is 4.90 Å². The molecule has 2 rings (SSSR count). The predicted octanol–water partition coefficient (Wildman–Crippen LogP) is 3.60. The lowest BCUT2D eigenvalue weighted by Crippen LogP contribution is -2.49. The third-order valence-corrected chi connectivity index (χ3v) is 5.18. The predicted molar refractivity (Wildman–Crippen MR) is 112 cm³/mol. The molecule has 0 bridgehead atoms. The van der Waals surface area contributed by atoms with E-state index in [0.29, 0.717) is 6.04 Å². The van der Waals surface area contributed by atoms with Gasteiger partial charge in [0, 0.05) is 28.9 Å². The maximum atomic E-state index is 4.72. The molecular formula is C17H31IN4S. The lowest BCUT2D eigenvalue weighted by molar-refractivity contribution is 0.157. The third kappa shape index (κ3) is 6.97. The minimum absolute atomic E-state index is 0. The molecule has 6 heteroatoms. The number of guanidine groups is 1. The minimum Gasteiger partial charge on any atom is -0.357 e. The van der Waals surface area contributed by atoms with E-state index in [1.807, 2.05) is 11.3 Å². The number of rotatable bonds is 6. The number of hydrogen-bond acceptors (Lipinski definition) is 3. The van der Waals surface area contributed by atoms with Crippen LogP contribution in [0.4, 0.5) is 0 Å². The molecule has 0 amide bonds.